The molecule has 74 valence electrons. The van der Waals surface area contributed by atoms with Crippen LogP contribution in [0.15, 0.2) is 35.9 Å². The van der Waals surface area contributed by atoms with Crippen molar-refractivity contribution in [2.75, 3.05) is 0 Å². The minimum absolute atomic E-state index is 0.300. The van der Waals surface area contributed by atoms with Gasteiger partial charge in [-0.3, -0.25) is 0 Å². The zero-order chi connectivity index (χ0) is 10.6. The molecule has 0 aliphatic rings. The quantitative estimate of drug-likeness (QED) is 0.750. The topological polar surface area (TPSA) is 37.3 Å². The van der Waals surface area contributed by atoms with Crippen LogP contribution in [0.5, 0.6) is 0 Å². The van der Waals surface area contributed by atoms with E-state index in [1.807, 2.05) is 0 Å². The molecule has 1 rings (SSSR count). The van der Waals surface area contributed by atoms with E-state index >= 15 is 0 Å². The van der Waals surface area contributed by atoms with Crippen LogP contribution in [0, 0.1) is 5.82 Å². The van der Waals surface area contributed by atoms with Crippen LogP contribution in [-0.4, -0.2) is 11.1 Å². The van der Waals surface area contributed by atoms with E-state index in [2.05, 4.69) is 0 Å². The number of benzene rings is 1. The zero-order valence-corrected chi connectivity index (χ0v) is 7.83. The van der Waals surface area contributed by atoms with Crippen molar-refractivity contribution in [3.05, 3.63) is 47.3 Å². The molecule has 14 heavy (non-hydrogen) atoms. The normalized spacial score (nSPS) is 11.4. The van der Waals surface area contributed by atoms with Gasteiger partial charge in [-0.05, 0) is 25.0 Å². The van der Waals surface area contributed by atoms with Crippen molar-refractivity contribution in [3.8, 4) is 0 Å². The summed E-state index contributed by atoms with van der Waals surface area (Å²) < 4.78 is 13.1. The van der Waals surface area contributed by atoms with Crippen LogP contribution in [0.25, 0.3) is 0 Å². The minimum atomic E-state index is -1.00. The molecule has 0 amide bonds. The molecule has 0 fully saturated rings. The summed E-state index contributed by atoms with van der Waals surface area (Å²) in [6.07, 6.45) is 1.42. The lowest BCUT2D eigenvalue weighted by atomic mass is 10.1. The summed E-state index contributed by atoms with van der Waals surface area (Å²) in [5, 5.41) is 8.46. The van der Waals surface area contributed by atoms with Gasteiger partial charge in [0.1, 0.15) is 5.82 Å². The number of rotatable bonds is 3. The summed E-state index contributed by atoms with van der Waals surface area (Å²) in [5.41, 5.74) is 1.14. The van der Waals surface area contributed by atoms with Crippen LogP contribution in [0.4, 0.5) is 4.39 Å². The van der Waals surface area contributed by atoms with Gasteiger partial charge in [0.15, 0.2) is 0 Å². The maximum Gasteiger partial charge on any atom is 0.328 e. The van der Waals surface area contributed by atoms with E-state index in [1.54, 1.807) is 25.1 Å². The van der Waals surface area contributed by atoms with Crippen molar-refractivity contribution < 1.29 is 14.3 Å². The largest absolute Gasteiger partial charge is 0.478 e. The molecule has 0 saturated heterocycles. The van der Waals surface area contributed by atoms with Crippen molar-refractivity contribution in [3.63, 3.8) is 0 Å². The molecule has 0 aliphatic heterocycles. The molecule has 0 atom stereocenters. The van der Waals surface area contributed by atoms with Crippen molar-refractivity contribution in [1.82, 2.24) is 0 Å². The Morgan fingerprint density at radius 1 is 1.50 bits per heavy atom. The van der Waals surface area contributed by atoms with Crippen LogP contribution >= 0.6 is 0 Å². The van der Waals surface area contributed by atoms with Gasteiger partial charge in [-0.25, -0.2) is 9.18 Å². The Hall–Kier alpha value is -1.64. The second-order valence-corrected chi connectivity index (χ2v) is 3.10. The van der Waals surface area contributed by atoms with Gasteiger partial charge in [-0.1, -0.05) is 23.8 Å². The van der Waals surface area contributed by atoms with Crippen LogP contribution in [0.2, 0.25) is 0 Å². The Morgan fingerprint density at radius 2 is 2.14 bits per heavy atom. The van der Waals surface area contributed by atoms with Crippen molar-refractivity contribution >= 4 is 5.97 Å². The molecule has 2 nitrogen and oxygen atoms in total. The Kier molecular flexibility index (Phi) is 3.40. The van der Waals surface area contributed by atoms with Gasteiger partial charge < -0.3 is 5.11 Å². The Labute approximate surface area is 81.7 Å². The highest BCUT2D eigenvalue weighted by Gasteiger charge is 2.02. The van der Waals surface area contributed by atoms with E-state index in [-0.39, 0.29) is 5.82 Å². The summed E-state index contributed by atoms with van der Waals surface area (Å²) in [7, 11) is 0. The molecule has 0 saturated carbocycles. The number of halogens is 1. The number of aliphatic carboxylic acids is 1. The van der Waals surface area contributed by atoms with Gasteiger partial charge in [-0.15, -0.1) is 0 Å². The first-order chi connectivity index (χ1) is 6.59. The summed E-state index contributed by atoms with van der Waals surface area (Å²) >= 11 is 0. The average molecular weight is 194 g/mol. The molecule has 1 N–H and O–H groups in total. The second-order valence-electron chi connectivity index (χ2n) is 3.10. The molecule has 0 bridgehead atoms. The number of carboxylic acid groups (broad SMARTS) is 1. The van der Waals surface area contributed by atoms with Crippen molar-refractivity contribution in [1.29, 1.82) is 0 Å². The third kappa shape index (κ3) is 3.01. The van der Waals surface area contributed by atoms with E-state index in [0.29, 0.717) is 17.6 Å². The Balaban J connectivity index is 2.79. The number of hydrogen-bond acceptors (Lipinski definition) is 1. The fraction of sp³-hybridized carbons (Fsp3) is 0.182. The van der Waals surface area contributed by atoms with Gasteiger partial charge in [0.2, 0.25) is 0 Å². The molecule has 1 aromatic rings. The SMILES string of the molecule is C/C(=C\C(=O)O)Cc1ccccc1F. The molecule has 0 aromatic heterocycles. The third-order valence-electron chi connectivity index (χ3n) is 1.80. The zero-order valence-electron chi connectivity index (χ0n) is 7.83. The Morgan fingerprint density at radius 3 is 2.71 bits per heavy atom. The third-order valence-corrected chi connectivity index (χ3v) is 1.80. The van der Waals surface area contributed by atoms with Gasteiger partial charge in [0, 0.05) is 6.08 Å². The van der Waals surface area contributed by atoms with Gasteiger partial charge >= 0.3 is 5.97 Å². The highest BCUT2D eigenvalue weighted by atomic mass is 19.1. The lowest BCUT2D eigenvalue weighted by molar-refractivity contribution is -0.131. The highest BCUT2D eigenvalue weighted by Crippen LogP contribution is 2.11. The summed E-state index contributed by atoms with van der Waals surface area (Å²) in [6, 6.07) is 6.35. The summed E-state index contributed by atoms with van der Waals surface area (Å²) in [6.45, 7) is 1.67. The van der Waals surface area contributed by atoms with Gasteiger partial charge in [0.05, 0.1) is 0 Å². The van der Waals surface area contributed by atoms with E-state index < -0.39 is 5.97 Å². The fourth-order valence-electron chi connectivity index (χ4n) is 1.20. The maximum absolute atomic E-state index is 13.1. The predicted molar refractivity (Wildman–Crippen MR) is 51.5 cm³/mol. The second kappa shape index (κ2) is 4.56. The molecule has 0 spiro atoms. The molecular weight excluding hydrogens is 183 g/mol. The van der Waals surface area contributed by atoms with Gasteiger partial charge in [0.25, 0.3) is 0 Å². The number of allylic oxidation sites excluding steroid dienone is 1. The molecule has 1 aromatic carbocycles. The average Bonchev–Trinajstić information content (AvgIpc) is 2.07. The predicted octanol–water partition coefficient (Wildman–Crippen LogP) is 2.40. The monoisotopic (exact) mass is 194 g/mol. The fourth-order valence-corrected chi connectivity index (χ4v) is 1.20. The molecule has 0 heterocycles. The first kappa shape index (κ1) is 10.4. The minimum Gasteiger partial charge on any atom is -0.478 e. The molecular formula is C11H11FO2. The van der Waals surface area contributed by atoms with E-state index in [1.165, 1.54) is 6.07 Å². The van der Waals surface area contributed by atoms with Crippen molar-refractivity contribution in [2.24, 2.45) is 0 Å². The summed E-state index contributed by atoms with van der Waals surface area (Å²) in [5.74, 6) is -1.30. The maximum atomic E-state index is 13.1. The molecule has 0 aliphatic carbocycles. The van der Waals surface area contributed by atoms with E-state index in [9.17, 15) is 9.18 Å². The number of carboxylic acids is 1. The number of carbonyl (C=O) groups is 1. The first-order valence-electron chi connectivity index (χ1n) is 4.23. The van der Waals surface area contributed by atoms with Crippen LogP contribution < -0.4 is 0 Å². The Bertz CT molecular complexity index is 369. The van der Waals surface area contributed by atoms with E-state index in [4.69, 9.17) is 5.11 Å². The summed E-state index contributed by atoms with van der Waals surface area (Å²) in [4.78, 5) is 10.3. The standard InChI is InChI=1S/C11H11FO2/c1-8(7-11(13)14)6-9-4-2-3-5-10(9)12/h2-5,7H,6H2,1H3,(H,13,14)/b8-7+. The van der Waals surface area contributed by atoms with E-state index in [0.717, 1.165) is 6.08 Å². The van der Waals surface area contributed by atoms with Crippen LogP contribution in [0.3, 0.4) is 0 Å². The molecule has 0 radical (unpaired) electrons. The van der Waals surface area contributed by atoms with Crippen LogP contribution in [0.1, 0.15) is 12.5 Å². The first-order valence-corrected chi connectivity index (χ1v) is 4.23. The van der Waals surface area contributed by atoms with Crippen LogP contribution in [-0.2, 0) is 11.2 Å². The van der Waals surface area contributed by atoms with Gasteiger partial charge in [-0.2, -0.15) is 0 Å². The molecule has 3 heteroatoms. The lowest BCUT2D eigenvalue weighted by Crippen LogP contribution is -1.95. The lowest BCUT2D eigenvalue weighted by Gasteiger charge is -2.01. The van der Waals surface area contributed by atoms with Crippen molar-refractivity contribution in [2.45, 2.75) is 13.3 Å². The number of hydrogen-bond donors (Lipinski definition) is 1. The highest BCUT2D eigenvalue weighted by molar-refractivity contribution is 5.80. The molecule has 0 unspecified atom stereocenters. The smallest absolute Gasteiger partial charge is 0.328 e.